The van der Waals surface area contributed by atoms with E-state index in [1.165, 1.54) is 0 Å². The fourth-order valence-electron chi connectivity index (χ4n) is 2.31. The van der Waals surface area contributed by atoms with Gasteiger partial charge in [0.05, 0.1) is 13.1 Å². The van der Waals surface area contributed by atoms with Crippen molar-refractivity contribution >= 4 is 5.78 Å². The van der Waals surface area contributed by atoms with Gasteiger partial charge in [0, 0.05) is 5.92 Å². The van der Waals surface area contributed by atoms with Gasteiger partial charge >= 0.3 is 6.18 Å². The fourth-order valence-corrected chi connectivity index (χ4v) is 2.31. The minimum absolute atomic E-state index is 0.0538. The molecule has 0 aromatic heterocycles. The summed E-state index contributed by atoms with van der Waals surface area (Å²) in [6.45, 7) is 3.02. The molecule has 1 aliphatic rings. The first-order chi connectivity index (χ1) is 7.79. The number of nitrogens with one attached hydrogen (secondary N) is 1. The van der Waals surface area contributed by atoms with E-state index in [1.807, 2.05) is 0 Å². The van der Waals surface area contributed by atoms with Crippen LogP contribution in [0.3, 0.4) is 0 Å². The van der Waals surface area contributed by atoms with Gasteiger partial charge in [-0.2, -0.15) is 13.2 Å². The Balaban J connectivity index is 2.29. The van der Waals surface area contributed by atoms with Crippen molar-refractivity contribution < 1.29 is 18.0 Å². The summed E-state index contributed by atoms with van der Waals surface area (Å²) >= 11 is 0. The van der Waals surface area contributed by atoms with E-state index >= 15 is 0 Å². The summed E-state index contributed by atoms with van der Waals surface area (Å²) in [6, 6.07) is 0. The highest BCUT2D eigenvalue weighted by Gasteiger charge is 2.30. The van der Waals surface area contributed by atoms with E-state index in [-0.39, 0.29) is 18.2 Å². The molecule has 0 amide bonds. The maximum Gasteiger partial charge on any atom is 0.401 e. The van der Waals surface area contributed by atoms with Gasteiger partial charge < -0.3 is 5.32 Å². The van der Waals surface area contributed by atoms with Gasteiger partial charge in [0.2, 0.25) is 0 Å². The highest BCUT2D eigenvalue weighted by molar-refractivity contribution is 5.83. The van der Waals surface area contributed by atoms with Crippen LogP contribution in [0.1, 0.15) is 33.1 Å². The lowest BCUT2D eigenvalue weighted by atomic mass is 9.74. The van der Waals surface area contributed by atoms with Crippen molar-refractivity contribution in [1.29, 1.82) is 0 Å². The van der Waals surface area contributed by atoms with E-state index in [0.717, 1.165) is 19.3 Å². The number of carbonyl (C=O) groups is 1. The lowest BCUT2D eigenvalue weighted by molar-refractivity contribution is -0.130. The highest BCUT2D eigenvalue weighted by atomic mass is 19.4. The van der Waals surface area contributed by atoms with Crippen molar-refractivity contribution in [2.45, 2.75) is 39.3 Å². The summed E-state index contributed by atoms with van der Waals surface area (Å²) in [5.41, 5.74) is 0. The lowest BCUT2D eigenvalue weighted by Crippen LogP contribution is -2.37. The van der Waals surface area contributed by atoms with Crippen LogP contribution in [0.15, 0.2) is 0 Å². The Hall–Kier alpha value is -0.580. The zero-order valence-electron chi connectivity index (χ0n) is 10.3. The lowest BCUT2D eigenvalue weighted by Gasteiger charge is -2.31. The van der Waals surface area contributed by atoms with Crippen LogP contribution in [0, 0.1) is 17.8 Å². The van der Waals surface area contributed by atoms with Gasteiger partial charge in [-0.25, -0.2) is 0 Å². The Labute approximate surface area is 100.0 Å². The summed E-state index contributed by atoms with van der Waals surface area (Å²) in [6.07, 6.45) is -1.61. The molecular weight excluding hydrogens is 231 g/mol. The molecule has 0 aromatic carbocycles. The zero-order chi connectivity index (χ0) is 13.1. The molecule has 100 valence electrons. The van der Waals surface area contributed by atoms with Crippen molar-refractivity contribution in [3.05, 3.63) is 0 Å². The SMILES string of the molecule is CC1CCC(C(=O)CNCC(F)(F)F)CC1C. The van der Waals surface area contributed by atoms with Crippen LogP contribution < -0.4 is 5.32 Å². The number of ketones is 1. The standard InChI is InChI=1S/C12H20F3NO/c1-8-3-4-10(5-9(8)2)11(17)6-16-7-12(13,14)15/h8-10,16H,3-7H2,1-2H3. The number of carbonyl (C=O) groups excluding carboxylic acids is 1. The predicted molar refractivity (Wildman–Crippen MR) is 59.6 cm³/mol. The van der Waals surface area contributed by atoms with Crippen molar-refractivity contribution in [1.82, 2.24) is 5.32 Å². The van der Waals surface area contributed by atoms with Crippen LogP contribution in [-0.4, -0.2) is 25.0 Å². The van der Waals surface area contributed by atoms with E-state index in [4.69, 9.17) is 0 Å². The normalized spacial score (nSPS) is 30.3. The average molecular weight is 251 g/mol. The third-order valence-electron chi connectivity index (χ3n) is 3.68. The molecule has 0 heterocycles. The maximum atomic E-state index is 11.9. The minimum Gasteiger partial charge on any atom is -0.302 e. The van der Waals surface area contributed by atoms with Crippen molar-refractivity contribution in [2.75, 3.05) is 13.1 Å². The number of Topliss-reactive ketones (excluding diaryl/α,β-unsaturated/α-hetero) is 1. The Kier molecular flexibility index (Phi) is 4.98. The Bertz CT molecular complexity index is 265. The van der Waals surface area contributed by atoms with Gasteiger partial charge in [-0.05, 0) is 31.1 Å². The second-order valence-electron chi connectivity index (χ2n) is 5.15. The Morgan fingerprint density at radius 1 is 1.24 bits per heavy atom. The van der Waals surface area contributed by atoms with Crippen LogP contribution >= 0.6 is 0 Å². The van der Waals surface area contributed by atoms with Gasteiger partial charge in [-0.15, -0.1) is 0 Å². The molecule has 0 aliphatic heterocycles. The largest absolute Gasteiger partial charge is 0.401 e. The van der Waals surface area contributed by atoms with E-state index < -0.39 is 12.7 Å². The first-order valence-electron chi connectivity index (χ1n) is 6.09. The zero-order valence-corrected chi connectivity index (χ0v) is 10.3. The van der Waals surface area contributed by atoms with E-state index in [2.05, 4.69) is 19.2 Å². The molecule has 1 fully saturated rings. The fraction of sp³-hybridized carbons (Fsp3) is 0.917. The summed E-state index contributed by atoms with van der Waals surface area (Å²) in [5, 5.41) is 2.17. The number of hydrogen-bond donors (Lipinski definition) is 1. The van der Waals surface area contributed by atoms with Crippen molar-refractivity contribution in [3.63, 3.8) is 0 Å². The molecule has 1 aliphatic carbocycles. The molecule has 1 N–H and O–H groups in total. The Morgan fingerprint density at radius 2 is 1.88 bits per heavy atom. The van der Waals surface area contributed by atoms with Gasteiger partial charge in [-0.1, -0.05) is 13.8 Å². The van der Waals surface area contributed by atoms with Crippen LogP contribution in [0.25, 0.3) is 0 Å². The molecule has 3 unspecified atom stereocenters. The summed E-state index contributed by atoms with van der Waals surface area (Å²) in [5.74, 6) is 0.970. The molecule has 0 radical (unpaired) electrons. The molecule has 1 saturated carbocycles. The van der Waals surface area contributed by atoms with Crippen LogP contribution in [0.2, 0.25) is 0 Å². The van der Waals surface area contributed by atoms with E-state index in [0.29, 0.717) is 11.8 Å². The maximum absolute atomic E-state index is 11.9. The number of halogens is 3. The number of rotatable bonds is 4. The van der Waals surface area contributed by atoms with Gasteiger partial charge in [0.1, 0.15) is 5.78 Å². The topological polar surface area (TPSA) is 29.1 Å². The minimum atomic E-state index is -4.24. The third kappa shape index (κ3) is 5.06. The molecule has 17 heavy (non-hydrogen) atoms. The van der Waals surface area contributed by atoms with Crippen molar-refractivity contribution in [2.24, 2.45) is 17.8 Å². The molecule has 0 saturated heterocycles. The molecule has 1 rings (SSSR count). The molecule has 3 atom stereocenters. The molecule has 0 spiro atoms. The Morgan fingerprint density at radius 3 is 2.41 bits per heavy atom. The molecule has 2 nitrogen and oxygen atoms in total. The third-order valence-corrected chi connectivity index (χ3v) is 3.68. The van der Waals surface area contributed by atoms with E-state index in [9.17, 15) is 18.0 Å². The summed E-state index contributed by atoms with van der Waals surface area (Å²) < 4.78 is 35.7. The summed E-state index contributed by atoms with van der Waals surface area (Å²) in [7, 11) is 0. The highest BCUT2D eigenvalue weighted by Crippen LogP contribution is 2.33. The van der Waals surface area contributed by atoms with Gasteiger partial charge in [-0.3, -0.25) is 4.79 Å². The average Bonchev–Trinajstić information content (AvgIpc) is 2.20. The monoisotopic (exact) mass is 251 g/mol. The molecule has 0 aromatic rings. The van der Waals surface area contributed by atoms with E-state index in [1.54, 1.807) is 0 Å². The smallest absolute Gasteiger partial charge is 0.302 e. The summed E-state index contributed by atoms with van der Waals surface area (Å²) in [4.78, 5) is 11.7. The quantitative estimate of drug-likeness (QED) is 0.832. The van der Waals surface area contributed by atoms with Gasteiger partial charge in [0.25, 0.3) is 0 Å². The molecular formula is C12H20F3NO. The van der Waals surface area contributed by atoms with Crippen LogP contribution in [0.4, 0.5) is 13.2 Å². The van der Waals surface area contributed by atoms with Gasteiger partial charge in [0.15, 0.2) is 0 Å². The van der Waals surface area contributed by atoms with Crippen LogP contribution in [0.5, 0.6) is 0 Å². The second-order valence-corrected chi connectivity index (χ2v) is 5.15. The second kappa shape index (κ2) is 5.85. The van der Waals surface area contributed by atoms with Crippen LogP contribution in [-0.2, 0) is 4.79 Å². The number of hydrogen-bond acceptors (Lipinski definition) is 2. The number of alkyl halides is 3. The predicted octanol–water partition coefficient (Wildman–Crippen LogP) is 2.78. The first kappa shape index (κ1) is 14.5. The van der Waals surface area contributed by atoms with Crippen molar-refractivity contribution in [3.8, 4) is 0 Å². The molecule has 0 bridgehead atoms. The molecule has 5 heteroatoms. The first-order valence-corrected chi connectivity index (χ1v) is 6.09.